The van der Waals surface area contributed by atoms with Crippen LogP contribution in [0.5, 0.6) is 0 Å². The Morgan fingerprint density at radius 2 is 1.76 bits per heavy atom. The lowest BCUT2D eigenvalue weighted by molar-refractivity contribution is 0.326. The molecule has 1 rings (SSSR count). The summed E-state index contributed by atoms with van der Waals surface area (Å²) in [7, 11) is 0. The Hall–Kier alpha value is -1.08. The van der Waals surface area contributed by atoms with Gasteiger partial charge in [0.25, 0.3) is 0 Å². The van der Waals surface area contributed by atoms with Gasteiger partial charge >= 0.3 is 0 Å². The Balaban J connectivity index is 2.80. The Morgan fingerprint density at radius 1 is 1.10 bits per heavy atom. The molecule has 0 fully saturated rings. The molecule has 21 heavy (non-hydrogen) atoms. The predicted molar refractivity (Wildman–Crippen MR) is 93.3 cm³/mol. The Morgan fingerprint density at radius 3 is 2.43 bits per heavy atom. The summed E-state index contributed by atoms with van der Waals surface area (Å²) >= 11 is 0. The summed E-state index contributed by atoms with van der Waals surface area (Å²) in [5.41, 5.74) is 5.42. The lowest BCUT2D eigenvalue weighted by atomic mass is 9.89. The molecule has 0 amide bonds. The molecule has 0 bridgehead atoms. The van der Waals surface area contributed by atoms with Crippen LogP contribution in [0.4, 0.5) is 0 Å². The summed E-state index contributed by atoms with van der Waals surface area (Å²) < 4.78 is 0. The minimum absolute atomic E-state index is 0.202. The first-order valence-corrected chi connectivity index (χ1v) is 8.28. The molecule has 0 saturated heterocycles. The molecule has 0 aromatic rings. The van der Waals surface area contributed by atoms with E-state index in [1.54, 1.807) is 0 Å². The van der Waals surface area contributed by atoms with Crippen molar-refractivity contribution < 1.29 is 5.11 Å². The fourth-order valence-electron chi connectivity index (χ4n) is 2.77. The highest BCUT2D eigenvalue weighted by Crippen LogP contribution is 2.24. The molecule has 1 aliphatic rings. The molecule has 1 atom stereocenters. The van der Waals surface area contributed by atoms with E-state index in [0.717, 1.165) is 38.5 Å². The van der Waals surface area contributed by atoms with Gasteiger partial charge < -0.3 is 5.11 Å². The zero-order valence-corrected chi connectivity index (χ0v) is 14.1. The molecule has 0 radical (unpaired) electrons. The van der Waals surface area contributed by atoms with E-state index < -0.39 is 0 Å². The van der Waals surface area contributed by atoms with Gasteiger partial charge in [0, 0.05) is 0 Å². The predicted octanol–water partition coefficient (Wildman–Crippen LogP) is 5.73. The van der Waals surface area contributed by atoms with Crippen molar-refractivity contribution in [3.8, 4) is 0 Å². The third kappa shape index (κ3) is 7.47. The second-order valence-electron chi connectivity index (χ2n) is 6.52. The molecule has 1 heteroatoms. The monoisotopic (exact) mass is 288 g/mol. The van der Waals surface area contributed by atoms with Gasteiger partial charge in [-0.05, 0) is 77.2 Å². The van der Waals surface area contributed by atoms with Crippen LogP contribution < -0.4 is 0 Å². The minimum atomic E-state index is 0.202. The first kappa shape index (κ1) is 18.0. The zero-order chi connectivity index (χ0) is 15.7. The second-order valence-corrected chi connectivity index (χ2v) is 6.52. The van der Waals surface area contributed by atoms with E-state index in [9.17, 15) is 5.11 Å². The Kier molecular flexibility index (Phi) is 8.37. The van der Waals surface area contributed by atoms with Gasteiger partial charge in [-0.2, -0.15) is 0 Å². The highest BCUT2D eigenvalue weighted by molar-refractivity contribution is 5.11. The maximum atomic E-state index is 9.41. The van der Waals surface area contributed by atoms with E-state index in [0.29, 0.717) is 5.92 Å². The van der Waals surface area contributed by atoms with E-state index in [-0.39, 0.29) is 6.61 Å². The molecule has 0 saturated carbocycles. The quantitative estimate of drug-likeness (QED) is 0.643. The summed E-state index contributed by atoms with van der Waals surface area (Å²) in [5, 5.41) is 9.41. The molecule has 0 aromatic carbocycles. The van der Waals surface area contributed by atoms with Crippen LogP contribution in [0.2, 0.25) is 0 Å². The molecule has 1 N–H and O–H groups in total. The van der Waals surface area contributed by atoms with Crippen LogP contribution >= 0.6 is 0 Å². The largest absolute Gasteiger partial charge is 0.392 e. The van der Waals surface area contributed by atoms with Crippen molar-refractivity contribution in [2.75, 3.05) is 6.61 Å². The third-order valence-electron chi connectivity index (χ3n) is 4.47. The van der Waals surface area contributed by atoms with Gasteiger partial charge in [0.05, 0.1) is 6.61 Å². The number of aliphatic hydroxyl groups excluding tert-OH is 1. The number of aliphatic hydroxyl groups is 1. The molecule has 0 spiro atoms. The first-order chi connectivity index (χ1) is 10.0. The zero-order valence-electron chi connectivity index (χ0n) is 14.1. The van der Waals surface area contributed by atoms with Gasteiger partial charge in [-0.3, -0.25) is 0 Å². The summed E-state index contributed by atoms with van der Waals surface area (Å²) in [6, 6.07) is 0. The van der Waals surface area contributed by atoms with Crippen LogP contribution in [-0.4, -0.2) is 11.7 Å². The van der Waals surface area contributed by atoms with Gasteiger partial charge in [0.2, 0.25) is 0 Å². The van der Waals surface area contributed by atoms with E-state index in [1.807, 2.05) is 0 Å². The summed E-state index contributed by atoms with van der Waals surface area (Å²) in [6.45, 7) is 11.0. The van der Waals surface area contributed by atoms with Gasteiger partial charge in [-0.15, -0.1) is 0 Å². The van der Waals surface area contributed by atoms with Crippen LogP contribution in [-0.2, 0) is 0 Å². The highest BCUT2D eigenvalue weighted by atomic mass is 16.3. The Labute approximate surface area is 131 Å². The number of hydrogen-bond donors (Lipinski definition) is 1. The van der Waals surface area contributed by atoms with Gasteiger partial charge in [-0.1, -0.05) is 41.5 Å². The van der Waals surface area contributed by atoms with E-state index in [2.05, 4.69) is 45.6 Å². The van der Waals surface area contributed by atoms with Crippen molar-refractivity contribution in [2.24, 2.45) is 5.92 Å². The van der Waals surface area contributed by atoms with Crippen molar-refractivity contribution in [3.05, 3.63) is 47.1 Å². The lowest BCUT2D eigenvalue weighted by Gasteiger charge is -2.16. The number of allylic oxidation sites excluding steroid dienone is 6. The van der Waals surface area contributed by atoms with E-state index >= 15 is 0 Å². The van der Waals surface area contributed by atoms with Crippen LogP contribution in [0.3, 0.4) is 0 Å². The molecular formula is C20H32O. The SMILES string of the molecule is C=C(C)C1C/C=C(\C)CC/C=C(/CO)CC/C=C(\C)CC1. The molecule has 1 unspecified atom stereocenters. The number of rotatable bonds is 2. The average molecular weight is 288 g/mol. The van der Waals surface area contributed by atoms with E-state index in [1.165, 1.54) is 28.7 Å². The molecule has 0 aliphatic heterocycles. The van der Waals surface area contributed by atoms with Crippen LogP contribution in [0.15, 0.2) is 47.1 Å². The molecule has 118 valence electrons. The molecule has 0 aromatic heterocycles. The third-order valence-corrected chi connectivity index (χ3v) is 4.47. The highest BCUT2D eigenvalue weighted by Gasteiger charge is 2.09. The summed E-state index contributed by atoms with van der Waals surface area (Å²) in [4.78, 5) is 0. The first-order valence-electron chi connectivity index (χ1n) is 8.28. The fourth-order valence-corrected chi connectivity index (χ4v) is 2.77. The second kappa shape index (κ2) is 9.78. The van der Waals surface area contributed by atoms with Crippen molar-refractivity contribution in [3.63, 3.8) is 0 Å². The summed E-state index contributed by atoms with van der Waals surface area (Å²) in [5.74, 6) is 0.606. The Bertz CT molecular complexity index is 423. The maximum Gasteiger partial charge on any atom is 0.0641 e. The molecule has 0 heterocycles. The van der Waals surface area contributed by atoms with Gasteiger partial charge in [0.15, 0.2) is 0 Å². The van der Waals surface area contributed by atoms with Crippen molar-refractivity contribution in [1.29, 1.82) is 0 Å². The fraction of sp³-hybridized carbons (Fsp3) is 0.600. The van der Waals surface area contributed by atoms with Gasteiger partial charge in [-0.25, -0.2) is 0 Å². The standard InChI is InChI=1S/C20H32O/c1-16(2)20-13-11-17(3)7-5-9-19(15-21)10-6-8-18(4)12-14-20/h7,10,12,20-21H,1,5-6,8-9,11,13-15H2,2-4H3/b17-7+,18-12+,19-10+. The average Bonchev–Trinajstić information content (AvgIpc) is 2.44. The lowest BCUT2D eigenvalue weighted by Crippen LogP contribution is -2.01. The number of hydrogen-bond acceptors (Lipinski definition) is 1. The van der Waals surface area contributed by atoms with E-state index in [4.69, 9.17) is 0 Å². The normalized spacial score (nSPS) is 30.1. The smallest absolute Gasteiger partial charge is 0.0641 e. The van der Waals surface area contributed by atoms with Crippen molar-refractivity contribution >= 4 is 0 Å². The minimum Gasteiger partial charge on any atom is -0.392 e. The van der Waals surface area contributed by atoms with Crippen molar-refractivity contribution in [1.82, 2.24) is 0 Å². The van der Waals surface area contributed by atoms with Crippen molar-refractivity contribution in [2.45, 2.75) is 65.7 Å². The maximum absolute atomic E-state index is 9.41. The van der Waals surface area contributed by atoms with Gasteiger partial charge in [0.1, 0.15) is 0 Å². The molecule has 1 nitrogen and oxygen atoms in total. The molecule has 1 aliphatic carbocycles. The van der Waals surface area contributed by atoms with Crippen LogP contribution in [0, 0.1) is 5.92 Å². The van der Waals surface area contributed by atoms with Crippen LogP contribution in [0.25, 0.3) is 0 Å². The summed E-state index contributed by atoms with van der Waals surface area (Å²) in [6.07, 6.45) is 14.6. The van der Waals surface area contributed by atoms with Crippen LogP contribution in [0.1, 0.15) is 65.7 Å². The topological polar surface area (TPSA) is 20.2 Å². The molecular weight excluding hydrogens is 256 g/mol.